The zero-order valence-electron chi connectivity index (χ0n) is 11.6. The van der Waals surface area contributed by atoms with Crippen LogP contribution in [0.5, 0.6) is 11.5 Å². The van der Waals surface area contributed by atoms with Crippen molar-refractivity contribution in [1.82, 2.24) is 5.32 Å². The Morgan fingerprint density at radius 3 is 2.68 bits per heavy atom. The van der Waals surface area contributed by atoms with Gasteiger partial charge in [0.2, 0.25) is 0 Å². The molecule has 3 rings (SSSR count). The minimum Gasteiger partial charge on any atom is -0.493 e. The molecule has 4 heteroatoms. The SMILES string of the molecule is COc1cc2c(cc1OC)C1(CCCNC1)OCC2. The van der Waals surface area contributed by atoms with Crippen LogP contribution >= 0.6 is 0 Å². The molecule has 19 heavy (non-hydrogen) atoms. The number of hydrogen-bond donors (Lipinski definition) is 1. The summed E-state index contributed by atoms with van der Waals surface area (Å²) in [6, 6.07) is 4.20. The molecule has 1 unspecified atom stereocenters. The standard InChI is InChI=1S/C15H21NO3/c1-17-13-8-11-4-7-19-15(5-3-6-16-10-15)12(11)9-14(13)18-2/h8-9,16H,3-7,10H2,1-2H3. The van der Waals surface area contributed by atoms with Crippen LogP contribution in [-0.2, 0) is 16.8 Å². The third kappa shape index (κ3) is 2.09. The van der Waals surface area contributed by atoms with Crippen LogP contribution in [0.3, 0.4) is 0 Å². The maximum Gasteiger partial charge on any atom is 0.161 e. The molecule has 0 aromatic heterocycles. The van der Waals surface area contributed by atoms with Crippen LogP contribution in [-0.4, -0.2) is 33.9 Å². The highest BCUT2D eigenvalue weighted by Gasteiger charge is 2.39. The van der Waals surface area contributed by atoms with E-state index in [4.69, 9.17) is 14.2 Å². The molecule has 2 heterocycles. The number of benzene rings is 1. The molecule has 0 radical (unpaired) electrons. The molecule has 1 fully saturated rings. The molecular weight excluding hydrogens is 242 g/mol. The molecule has 0 saturated carbocycles. The largest absolute Gasteiger partial charge is 0.493 e. The lowest BCUT2D eigenvalue weighted by Crippen LogP contribution is -2.48. The number of nitrogens with one attached hydrogen (secondary N) is 1. The molecule has 2 aliphatic rings. The maximum atomic E-state index is 6.15. The van der Waals surface area contributed by atoms with E-state index in [1.807, 2.05) is 0 Å². The molecule has 1 spiro atoms. The first kappa shape index (κ1) is 12.8. The van der Waals surface area contributed by atoms with Crippen molar-refractivity contribution in [2.75, 3.05) is 33.9 Å². The summed E-state index contributed by atoms with van der Waals surface area (Å²) in [7, 11) is 3.36. The van der Waals surface area contributed by atoms with Crippen molar-refractivity contribution in [3.63, 3.8) is 0 Å². The van der Waals surface area contributed by atoms with Gasteiger partial charge in [0, 0.05) is 6.54 Å². The van der Waals surface area contributed by atoms with Gasteiger partial charge in [-0.3, -0.25) is 0 Å². The molecule has 4 nitrogen and oxygen atoms in total. The zero-order valence-corrected chi connectivity index (χ0v) is 11.6. The summed E-state index contributed by atoms with van der Waals surface area (Å²) >= 11 is 0. The summed E-state index contributed by atoms with van der Waals surface area (Å²) in [6.07, 6.45) is 3.16. The van der Waals surface area contributed by atoms with Crippen molar-refractivity contribution in [1.29, 1.82) is 0 Å². The Kier molecular flexibility index (Phi) is 3.37. The summed E-state index contributed by atoms with van der Waals surface area (Å²) in [5.74, 6) is 1.60. The minimum atomic E-state index is -0.175. The van der Waals surface area contributed by atoms with Crippen molar-refractivity contribution in [2.45, 2.75) is 24.9 Å². The van der Waals surface area contributed by atoms with Crippen LogP contribution in [0, 0.1) is 0 Å². The summed E-state index contributed by atoms with van der Waals surface area (Å²) in [5, 5.41) is 3.46. The van der Waals surface area contributed by atoms with Gasteiger partial charge in [-0.05, 0) is 49.1 Å². The summed E-state index contributed by atoms with van der Waals surface area (Å²) in [5.41, 5.74) is 2.42. The summed E-state index contributed by atoms with van der Waals surface area (Å²) < 4.78 is 17.0. The highest BCUT2D eigenvalue weighted by Crippen LogP contribution is 2.42. The molecule has 1 N–H and O–H groups in total. The molecule has 0 amide bonds. The maximum absolute atomic E-state index is 6.15. The third-order valence-corrected chi connectivity index (χ3v) is 4.19. The van der Waals surface area contributed by atoms with Gasteiger partial charge in [-0.1, -0.05) is 0 Å². The molecule has 1 aromatic carbocycles. The molecule has 2 aliphatic heterocycles. The second-order valence-corrected chi connectivity index (χ2v) is 5.24. The van der Waals surface area contributed by atoms with E-state index in [9.17, 15) is 0 Å². The van der Waals surface area contributed by atoms with Crippen molar-refractivity contribution in [2.24, 2.45) is 0 Å². The number of hydrogen-bond acceptors (Lipinski definition) is 4. The Hall–Kier alpha value is -1.26. The first-order valence-corrected chi connectivity index (χ1v) is 6.89. The van der Waals surface area contributed by atoms with Gasteiger partial charge in [-0.15, -0.1) is 0 Å². The Balaban J connectivity index is 2.08. The molecule has 0 bridgehead atoms. The quantitative estimate of drug-likeness (QED) is 0.884. The first-order valence-electron chi connectivity index (χ1n) is 6.89. The average Bonchev–Trinajstić information content (AvgIpc) is 2.47. The fraction of sp³-hybridized carbons (Fsp3) is 0.600. The predicted molar refractivity (Wildman–Crippen MR) is 73.0 cm³/mol. The van der Waals surface area contributed by atoms with E-state index >= 15 is 0 Å². The van der Waals surface area contributed by atoms with Crippen LogP contribution in [0.25, 0.3) is 0 Å². The molecule has 104 valence electrons. The second-order valence-electron chi connectivity index (χ2n) is 5.24. The number of methoxy groups -OCH3 is 2. The van der Waals surface area contributed by atoms with Crippen LogP contribution in [0.1, 0.15) is 24.0 Å². The van der Waals surface area contributed by atoms with Gasteiger partial charge < -0.3 is 19.5 Å². The summed E-state index contributed by atoms with van der Waals surface area (Å²) in [6.45, 7) is 2.74. The van der Waals surface area contributed by atoms with E-state index in [1.54, 1.807) is 14.2 Å². The Labute approximate surface area is 114 Å². The van der Waals surface area contributed by atoms with Crippen LogP contribution < -0.4 is 14.8 Å². The van der Waals surface area contributed by atoms with Crippen molar-refractivity contribution in [3.05, 3.63) is 23.3 Å². The van der Waals surface area contributed by atoms with Gasteiger partial charge in [0.1, 0.15) is 5.60 Å². The molecular formula is C15H21NO3. The van der Waals surface area contributed by atoms with Gasteiger partial charge in [-0.25, -0.2) is 0 Å². The Bertz CT molecular complexity index is 467. The number of fused-ring (bicyclic) bond motifs is 2. The van der Waals surface area contributed by atoms with E-state index in [2.05, 4.69) is 17.4 Å². The topological polar surface area (TPSA) is 39.7 Å². The second kappa shape index (κ2) is 5.02. The van der Waals surface area contributed by atoms with Crippen LogP contribution in [0.2, 0.25) is 0 Å². The van der Waals surface area contributed by atoms with E-state index < -0.39 is 0 Å². The first-order chi connectivity index (χ1) is 9.29. The normalized spacial score (nSPS) is 26.0. The van der Waals surface area contributed by atoms with Gasteiger partial charge in [0.05, 0.1) is 20.8 Å². The highest BCUT2D eigenvalue weighted by molar-refractivity contribution is 5.50. The molecule has 1 saturated heterocycles. The predicted octanol–water partition coefficient (Wildman–Crippen LogP) is 1.86. The zero-order chi connectivity index (χ0) is 13.3. The fourth-order valence-electron chi connectivity index (χ4n) is 3.22. The van der Waals surface area contributed by atoms with Gasteiger partial charge >= 0.3 is 0 Å². The monoisotopic (exact) mass is 263 g/mol. The van der Waals surface area contributed by atoms with E-state index in [0.717, 1.165) is 50.5 Å². The Morgan fingerprint density at radius 1 is 1.21 bits per heavy atom. The number of rotatable bonds is 2. The lowest BCUT2D eigenvalue weighted by atomic mass is 9.81. The average molecular weight is 263 g/mol. The van der Waals surface area contributed by atoms with Gasteiger partial charge in [0.25, 0.3) is 0 Å². The lowest BCUT2D eigenvalue weighted by molar-refractivity contribution is -0.0750. The Morgan fingerprint density at radius 2 is 2.00 bits per heavy atom. The number of piperidine rings is 1. The molecule has 1 atom stereocenters. The van der Waals surface area contributed by atoms with E-state index in [-0.39, 0.29) is 5.60 Å². The molecule has 1 aromatic rings. The highest BCUT2D eigenvalue weighted by atomic mass is 16.5. The van der Waals surface area contributed by atoms with Gasteiger partial charge in [-0.2, -0.15) is 0 Å². The van der Waals surface area contributed by atoms with Crippen molar-refractivity contribution in [3.8, 4) is 11.5 Å². The smallest absolute Gasteiger partial charge is 0.161 e. The van der Waals surface area contributed by atoms with Gasteiger partial charge in [0.15, 0.2) is 11.5 Å². The van der Waals surface area contributed by atoms with Crippen LogP contribution in [0.15, 0.2) is 12.1 Å². The number of ether oxygens (including phenoxy) is 3. The van der Waals surface area contributed by atoms with Crippen molar-refractivity contribution >= 4 is 0 Å². The minimum absolute atomic E-state index is 0.175. The third-order valence-electron chi connectivity index (χ3n) is 4.19. The lowest BCUT2D eigenvalue weighted by Gasteiger charge is -2.42. The fourth-order valence-corrected chi connectivity index (χ4v) is 3.22. The molecule has 0 aliphatic carbocycles. The van der Waals surface area contributed by atoms with E-state index in [0.29, 0.717) is 0 Å². The van der Waals surface area contributed by atoms with Crippen LogP contribution in [0.4, 0.5) is 0 Å². The van der Waals surface area contributed by atoms with E-state index in [1.165, 1.54) is 11.1 Å². The summed E-state index contributed by atoms with van der Waals surface area (Å²) in [4.78, 5) is 0. The van der Waals surface area contributed by atoms with Crippen molar-refractivity contribution < 1.29 is 14.2 Å².